The molecule has 1 rings (SSSR count). The van der Waals surface area contributed by atoms with Crippen molar-refractivity contribution in [3.63, 3.8) is 0 Å². The van der Waals surface area contributed by atoms with E-state index in [2.05, 4.69) is 0 Å². The molecule has 0 spiro atoms. The van der Waals surface area contributed by atoms with Gasteiger partial charge in [-0.25, -0.2) is 0 Å². The molecule has 0 radical (unpaired) electrons. The Labute approximate surface area is 120 Å². The number of nitrogens with two attached hydrogens (primary N) is 1. The van der Waals surface area contributed by atoms with Gasteiger partial charge in [0.15, 0.2) is 5.78 Å². The summed E-state index contributed by atoms with van der Waals surface area (Å²) in [5.41, 5.74) is 6.85. The van der Waals surface area contributed by atoms with E-state index in [1.807, 2.05) is 44.2 Å². The molecule has 0 amide bonds. The van der Waals surface area contributed by atoms with Crippen LogP contribution in [0.5, 0.6) is 0 Å². The SMILES string of the molecule is COC(=O)[C@@H](CC(=O)[C@@H](N)C(C)C)Cc1ccccc1. The number of ether oxygens (including phenoxy) is 1. The molecule has 2 N–H and O–H groups in total. The summed E-state index contributed by atoms with van der Waals surface area (Å²) in [5.74, 6) is -0.860. The first-order valence-corrected chi connectivity index (χ1v) is 6.85. The highest BCUT2D eigenvalue weighted by Crippen LogP contribution is 2.16. The van der Waals surface area contributed by atoms with Crippen LogP contribution in [0.15, 0.2) is 30.3 Å². The lowest BCUT2D eigenvalue weighted by molar-refractivity contribution is -0.147. The number of hydrogen-bond acceptors (Lipinski definition) is 4. The van der Waals surface area contributed by atoms with Crippen molar-refractivity contribution < 1.29 is 14.3 Å². The number of ketones is 1. The Morgan fingerprint density at radius 1 is 1.20 bits per heavy atom. The standard InChI is InChI=1S/C16H23NO3/c1-11(2)15(17)14(18)10-13(16(19)20-3)9-12-7-5-4-6-8-12/h4-8,11,13,15H,9-10,17H2,1-3H3/t13-,15+/m1/s1. The van der Waals surface area contributed by atoms with Crippen LogP contribution < -0.4 is 5.73 Å². The van der Waals surface area contributed by atoms with Crippen LogP contribution >= 0.6 is 0 Å². The van der Waals surface area contributed by atoms with E-state index in [-0.39, 0.29) is 24.1 Å². The van der Waals surface area contributed by atoms with Crippen molar-refractivity contribution in [1.29, 1.82) is 0 Å². The molecule has 0 aliphatic heterocycles. The Balaban J connectivity index is 2.75. The van der Waals surface area contributed by atoms with Crippen molar-refractivity contribution in [2.75, 3.05) is 7.11 Å². The Morgan fingerprint density at radius 2 is 1.80 bits per heavy atom. The van der Waals surface area contributed by atoms with Crippen LogP contribution in [-0.2, 0) is 20.7 Å². The lowest BCUT2D eigenvalue weighted by Gasteiger charge is -2.18. The number of methoxy groups -OCH3 is 1. The van der Waals surface area contributed by atoms with Crippen molar-refractivity contribution in [3.05, 3.63) is 35.9 Å². The second-order valence-electron chi connectivity index (χ2n) is 5.35. The molecule has 110 valence electrons. The van der Waals surface area contributed by atoms with Gasteiger partial charge in [-0.2, -0.15) is 0 Å². The molecule has 0 saturated carbocycles. The van der Waals surface area contributed by atoms with E-state index in [1.165, 1.54) is 7.11 Å². The third-order valence-electron chi connectivity index (χ3n) is 3.40. The topological polar surface area (TPSA) is 69.4 Å². The van der Waals surface area contributed by atoms with Gasteiger partial charge in [0.05, 0.1) is 19.1 Å². The molecule has 1 aromatic carbocycles. The number of hydrogen-bond donors (Lipinski definition) is 1. The Morgan fingerprint density at radius 3 is 2.30 bits per heavy atom. The average molecular weight is 277 g/mol. The highest BCUT2D eigenvalue weighted by Gasteiger charge is 2.26. The summed E-state index contributed by atoms with van der Waals surface area (Å²) in [7, 11) is 1.34. The van der Waals surface area contributed by atoms with E-state index in [0.717, 1.165) is 5.56 Å². The second-order valence-corrected chi connectivity index (χ2v) is 5.35. The molecule has 2 atom stereocenters. The van der Waals surface area contributed by atoms with E-state index in [0.29, 0.717) is 6.42 Å². The van der Waals surface area contributed by atoms with Crippen LogP contribution in [0.1, 0.15) is 25.8 Å². The number of carbonyl (C=O) groups is 2. The highest BCUT2D eigenvalue weighted by atomic mass is 16.5. The molecule has 20 heavy (non-hydrogen) atoms. The molecule has 0 fully saturated rings. The molecule has 0 aliphatic rings. The Hall–Kier alpha value is -1.68. The average Bonchev–Trinajstić information content (AvgIpc) is 2.45. The van der Waals surface area contributed by atoms with Crippen LogP contribution in [0.25, 0.3) is 0 Å². The van der Waals surface area contributed by atoms with Crippen molar-refractivity contribution in [2.24, 2.45) is 17.6 Å². The maximum atomic E-state index is 12.1. The minimum absolute atomic E-state index is 0.0672. The van der Waals surface area contributed by atoms with Crippen LogP contribution in [0.2, 0.25) is 0 Å². The van der Waals surface area contributed by atoms with Gasteiger partial charge >= 0.3 is 5.97 Å². The van der Waals surface area contributed by atoms with E-state index in [4.69, 9.17) is 10.5 Å². The van der Waals surface area contributed by atoms with E-state index >= 15 is 0 Å². The van der Waals surface area contributed by atoms with Gasteiger partial charge in [-0.15, -0.1) is 0 Å². The van der Waals surface area contributed by atoms with Gasteiger partial charge in [-0.1, -0.05) is 44.2 Å². The largest absolute Gasteiger partial charge is 0.469 e. The Bertz CT molecular complexity index is 442. The molecule has 0 aromatic heterocycles. The maximum absolute atomic E-state index is 12.1. The first-order chi connectivity index (χ1) is 9.45. The molecule has 0 saturated heterocycles. The van der Waals surface area contributed by atoms with Crippen molar-refractivity contribution in [3.8, 4) is 0 Å². The van der Waals surface area contributed by atoms with Gasteiger partial charge < -0.3 is 10.5 Å². The first-order valence-electron chi connectivity index (χ1n) is 6.85. The van der Waals surface area contributed by atoms with Gasteiger partial charge in [-0.05, 0) is 17.9 Å². The maximum Gasteiger partial charge on any atom is 0.309 e. The lowest BCUT2D eigenvalue weighted by atomic mass is 9.89. The minimum Gasteiger partial charge on any atom is -0.469 e. The summed E-state index contributed by atoms with van der Waals surface area (Å²) < 4.78 is 4.79. The molecule has 0 unspecified atom stereocenters. The minimum atomic E-state index is -0.530. The Kier molecular flexibility index (Phi) is 6.39. The first kappa shape index (κ1) is 16.4. The molecule has 1 aromatic rings. The smallest absolute Gasteiger partial charge is 0.309 e. The number of esters is 1. The predicted octanol–water partition coefficient (Wildman–Crippen LogP) is 1.96. The zero-order valence-corrected chi connectivity index (χ0v) is 12.3. The van der Waals surface area contributed by atoms with Crippen LogP contribution in [-0.4, -0.2) is 24.9 Å². The summed E-state index contributed by atoms with van der Waals surface area (Å²) in [6.07, 6.45) is 0.616. The normalized spacial score (nSPS) is 13.8. The second kappa shape index (κ2) is 7.80. The molecule has 0 heterocycles. The van der Waals surface area contributed by atoms with Gasteiger partial charge in [0.1, 0.15) is 0 Å². The van der Waals surface area contributed by atoms with Gasteiger partial charge in [0.25, 0.3) is 0 Å². The molecular formula is C16H23NO3. The van der Waals surface area contributed by atoms with E-state index in [1.54, 1.807) is 0 Å². The zero-order valence-electron chi connectivity index (χ0n) is 12.3. The van der Waals surface area contributed by atoms with E-state index < -0.39 is 12.0 Å². The number of benzene rings is 1. The molecule has 4 nitrogen and oxygen atoms in total. The van der Waals surface area contributed by atoms with Crippen LogP contribution in [0, 0.1) is 11.8 Å². The van der Waals surface area contributed by atoms with Crippen LogP contribution in [0.3, 0.4) is 0 Å². The summed E-state index contributed by atoms with van der Waals surface area (Å²) in [5, 5.41) is 0. The lowest BCUT2D eigenvalue weighted by Crippen LogP contribution is -2.38. The quantitative estimate of drug-likeness (QED) is 0.773. The zero-order chi connectivity index (χ0) is 15.1. The fourth-order valence-corrected chi connectivity index (χ4v) is 2.05. The fourth-order valence-electron chi connectivity index (χ4n) is 2.05. The fraction of sp³-hybridized carbons (Fsp3) is 0.500. The third-order valence-corrected chi connectivity index (χ3v) is 3.40. The van der Waals surface area contributed by atoms with Gasteiger partial charge in [0.2, 0.25) is 0 Å². The molecule has 0 bridgehead atoms. The summed E-state index contributed by atoms with van der Waals surface area (Å²) >= 11 is 0. The summed E-state index contributed by atoms with van der Waals surface area (Å²) in [6, 6.07) is 9.07. The monoisotopic (exact) mass is 277 g/mol. The van der Waals surface area contributed by atoms with Gasteiger partial charge in [-0.3, -0.25) is 9.59 Å². The summed E-state index contributed by atoms with van der Waals surface area (Å²) in [6.45, 7) is 3.79. The van der Waals surface area contributed by atoms with Gasteiger partial charge in [0, 0.05) is 6.42 Å². The predicted molar refractivity (Wildman–Crippen MR) is 78.1 cm³/mol. The van der Waals surface area contributed by atoms with Crippen molar-refractivity contribution in [2.45, 2.75) is 32.7 Å². The molecule has 4 heteroatoms. The number of rotatable bonds is 7. The third kappa shape index (κ3) is 4.78. The van der Waals surface area contributed by atoms with Crippen LogP contribution in [0.4, 0.5) is 0 Å². The number of Topliss-reactive ketones (excluding diaryl/α,β-unsaturated/α-hetero) is 1. The summed E-state index contributed by atoms with van der Waals surface area (Å²) in [4.78, 5) is 23.9. The molecule has 0 aliphatic carbocycles. The highest BCUT2D eigenvalue weighted by molar-refractivity contribution is 5.88. The molecular weight excluding hydrogens is 254 g/mol. The van der Waals surface area contributed by atoms with E-state index in [9.17, 15) is 9.59 Å². The number of carbonyl (C=O) groups excluding carboxylic acids is 2. The van der Waals surface area contributed by atoms with Crippen molar-refractivity contribution in [1.82, 2.24) is 0 Å². The van der Waals surface area contributed by atoms with Crippen molar-refractivity contribution >= 4 is 11.8 Å².